The summed E-state index contributed by atoms with van der Waals surface area (Å²) in [6.07, 6.45) is 3.33. The van der Waals surface area contributed by atoms with Crippen molar-refractivity contribution in [3.63, 3.8) is 0 Å². The Morgan fingerprint density at radius 3 is 2.74 bits per heavy atom. The molecule has 0 radical (unpaired) electrons. The molecule has 10 nitrogen and oxygen atoms in total. The predicted molar refractivity (Wildman–Crippen MR) is 124 cm³/mol. The first-order valence-corrected chi connectivity index (χ1v) is 13.0. The number of nitrogens with zero attached hydrogens (tertiary/aromatic N) is 2. The van der Waals surface area contributed by atoms with Gasteiger partial charge in [-0.1, -0.05) is 0 Å². The Bertz CT molecular complexity index is 1200. The predicted octanol–water partition coefficient (Wildman–Crippen LogP) is -0.280. The second-order valence-corrected chi connectivity index (χ2v) is 10.9. The molecule has 5 atom stereocenters. The third kappa shape index (κ3) is 4.30. The molecule has 0 saturated carbocycles. The molecule has 4 rings (SSSR count). The lowest BCUT2D eigenvalue weighted by atomic mass is 9.91. The normalized spacial score (nSPS) is 24.9. The number of sulfonamides is 1. The summed E-state index contributed by atoms with van der Waals surface area (Å²) in [5.74, 6) is -1.64. The summed E-state index contributed by atoms with van der Waals surface area (Å²) in [7, 11) is -1.94. The van der Waals surface area contributed by atoms with Crippen LogP contribution < -0.4 is 10.6 Å². The summed E-state index contributed by atoms with van der Waals surface area (Å²) >= 11 is 0. The Balaban J connectivity index is 1.69. The fourth-order valence-corrected chi connectivity index (χ4v) is 6.35. The smallest absolute Gasteiger partial charge is 0.247 e. The van der Waals surface area contributed by atoms with Crippen molar-refractivity contribution in [3.05, 3.63) is 35.8 Å². The van der Waals surface area contributed by atoms with Crippen molar-refractivity contribution in [2.75, 3.05) is 33.0 Å². The molecule has 2 aliphatic rings. The molecule has 2 aliphatic heterocycles. The van der Waals surface area contributed by atoms with Gasteiger partial charge < -0.3 is 25.6 Å². The van der Waals surface area contributed by atoms with Gasteiger partial charge in [0.15, 0.2) is 0 Å². The van der Waals surface area contributed by atoms with Gasteiger partial charge in [-0.3, -0.25) is 9.59 Å². The van der Waals surface area contributed by atoms with Crippen LogP contribution in [0, 0.1) is 5.82 Å². The van der Waals surface area contributed by atoms with Crippen molar-refractivity contribution in [3.8, 4) is 0 Å². The highest BCUT2D eigenvalue weighted by atomic mass is 32.2. The fourth-order valence-electron chi connectivity index (χ4n) is 5.20. The zero-order valence-electron chi connectivity index (χ0n) is 19.3. The van der Waals surface area contributed by atoms with Crippen molar-refractivity contribution < 1.29 is 27.5 Å². The lowest BCUT2D eigenvalue weighted by Gasteiger charge is -2.31. The molecular weight excluding hydrogens is 465 g/mol. The van der Waals surface area contributed by atoms with E-state index in [-0.39, 0.29) is 12.5 Å². The number of aromatic nitrogens is 1. The van der Waals surface area contributed by atoms with Crippen LogP contribution in [0.2, 0.25) is 0 Å². The highest BCUT2D eigenvalue weighted by molar-refractivity contribution is 7.88. The van der Waals surface area contributed by atoms with Crippen LogP contribution in [0.3, 0.4) is 0 Å². The molecule has 0 bridgehead atoms. The fraction of sp³-hybridized carbons (Fsp3) is 0.545. The van der Waals surface area contributed by atoms with Crippen LogP contribution in [-0.2, 0) is 19.6 Å². The maximum Gasteiger partial charge on any atom is 0.247 e. The zero-order valence-corrected chi connectivity index (χ0v) is 20.1. The topological polar surface area (TPSA) is 135 Å². The van der Waals surface area contributed by atoms with E-state index in [1.54, 1.807) is 31.1 Å². The van der Waals surface area contributed by atoms with Gasteiger partial charge in [-0.25, -0.2) is 12.8 Å². The summed E-state index contributed by atoms with van der Waals surface area (Å²) in [6, 6.07) is 1.74. The van der Waals surface area contributed by atoms with E-state index in [9.17, 15) is 27.5 Å². The monoisotopic (exact) mass is 495 g/mol. The molecule has 2 saturated heterocycles. The number of aromatic amines is 1. The third-order valence-corrected chi connectivity index (χ3v) is 8.26. The maximum absolute atomic E-state index is 13.7. The van der Waals surface area contributed by atoms with E-state index in [2.05, 4.69) is 15.6 Å². The molecule has 1 aromatic heterocycles. The van der Waals surface area contributed by atoms with Crippen LogP contribution in [0.5, 0.6) is 0 Å². The van der Waals surface area contributed by atoms with Crippen LogP contribution in [0.25, 0.3) is 10.9 Å². The largest absolute Gasteiger partial charge is 0.394 e. The molecular formula is C22H30FN5O5S. The van der Waals surface area contributed by atoms with Gasteiger partial charge in [-0.05, 0) is 44.2 Å². The first-order valence-electron chi connectivity index (χ1n) is 11.2. The Morgan fingerprint density at radius 2 is 2.09 bits per heavy atom. The van der Waals surface area contributed by atoms with Gasteiger partial charge >= 0.3 is 0 Å². The Labute approximate surface area is 197 Å². The van der Waals surface area contributed by atoms with Gasteiger partial charge in [-0.15, -0.1) is 0 Å². The number of rotatable bonds is 7. The molecule has 0 spiro atoms. The molecule has 0 unspecified atom stereocenters. The first kappa shape index (κ1) is 24.6. The lowest BCUT2D eigenvalue weighted by molar-refractivity contribution is -0.138. The number of hydrogen-bond acceptors (Lipinski definition) is 6. The van der Waals surface area contributed by atoms with E-state index in [0.29, 0.717) is 18.5 Å². The summed E-state index contributed by atoms with van der Waals surface area (Å²) < 4.78 is 40.3. The summed E-state index contributed by atoms with van der Waals surface area (Å²) in [5.41, 5.74) is 1.38. The van der Waals surface area contributed by atoms with Gasteiger partial charge in [0.2, 0.25) is 21.8 Å². The molecule has 4 N–H and O–H groups in total. The van der Waals surface area contributed by atoms with Crippen LogP contribution in [-0.4, -0.2) is 96.7 Å². The molecule has 2 amide bonds. The van der Waals surface area contributed by atoms with Crippen LogP contribution in [0.4, 0.5) is 4.39 Å². The standard InChI is InChI=1S/C22H30FN5O5S/c1-12(24-2)21(30)26-18(11-29)22(31)27-7-6-19-20(27)16(10-28(19)34(3,32)33)15-9-25-17-8-13(23)4-5-14(15)17/h4-5,8-9,12,16,18-20,24-25,29H,6-7,10-11H2,1-3H3,(H,26,30)/t12-,16-,18-,19+,20+/m0/s1. The highest BCUT2D eigenvalue weighted by Gasteiger charge is 2.54. The Morgan fingerprint density at radius 1 is 1.35 bits per heavy atom. The molecule has 1 aromatic carbocycles. The average molecular weight is 496 g/mol. The lowest BCUT2D eigenvalue weighted by Crippen LogP contribution is -2.56. The second-order valence-electron chi connectivity index (χ2n) is 9.01. The summed E-state index contributed by atoms with van der Waals surface area (Å²) in [4.78, 5) is 30.4. The quantitative estimate of drug-likeness (QED) is 0.417. The number of likely N-dealkylation sites (tertiary alicyclic amines) is 1. The molecule has 2 fully saturated rings. The highest BCUT2D eigenvalue weighted by Crippen LogP contribution is 2.44. The van der Waals surface area contributed by atoms with Gasteiger partial charge in [0, 0.05) is 42.1 Å². The molecule has 186 valence electrons. The van der Waals surface area contributed by atoms with E-state index in [1.165, 1.54) is 16.4 Å². The Hall–Kier alpha value is -2.54. The van der Waals surface area contributed by atoms with E-state index < -0.39 is 58.4 Å². The Kier molecular flexibility index (Phi) is 6.69. The van der Waals surface area contributed by atoms with Gasteiger partial charge in [-0.2, -0.15) is 4.31 Å². The van der Waals surface area contributed by atoms with E-state index in [0.717, 1.165) is 17.2 Å². The minimum Gasteiger partial charge on any atom is -0.394 e. The number of amides is 2. The summed E-state index contributed by atoms with van der Waals surface area (Å²) in [6.45, 7) is 1.52. The number of halogens is 1. The number of benzene rings is 1. The number of nitrogens with one attached hydrogen (secondary N) is 3. The van der Waals surface area contributed by atoms with Crippen LogP contribution >= 0.6 is 0 Å². The molecule has 3 heterocycles. The van der Waals surface area contributed by atoms with Gasteiger partial charge in [0.25, 0.3) is 0 Å². The second kappa shape index (κ2) is 9.25. The molecule has 34 heavy (non-hydrogen) atoms. The molecule has 0 aliphatic carbocycles. The number of carbonyl (C=O) groups is 2. The van der Waals surface area contributed by atoms with E-state index in [1.807, 2.05) is 0 Å². The van der Waals surface area contributed by atoms with Crippen molar-refractivity contribution >= 4 is 32.7 Å². The van der Waals surface area contributed by atoms with Crippen molar-refractivity contribution in [2.45, 2.75) is 43.4 Å². The van der Waals surface area contributed by atoms with Crippen molar-refractivity contribution in [1.82, 2.24) is 24.8 Å². The minimum atomic E-state index is -3.55. The van der Waals surface area contributed by atoms with Gasteiger partial charge in [0.05, 0.1) is 24.9 Å². The van der Waals surface area contributed by atoms with E-state index >= 15 is 0 Å². The van der Waals surface area contributed by atoms with Crippen molar-refractivity contribution in [1.29, 1.82) is 0 Å². The van der Waals surface area contributed by atoms with Crippen molar-refractivity contribution in [2.24, 2.45) is 0 Å². The average Bonchev–Trinajstić information content (AvgIpc) is 3.49. The number of hydrogen-bond donors (Lipinski definition) is 4. The van der Waals surface area contributed by atoms with Gasteiger partial charge in [0.1, 0.15) is 11.9 Å². The molecule has 2 aromatic rings. The summed E-state index contributed by atoms with van der Waals surface area (Å²) in [5, 5.41) is 16.0. The van der Waals surface area contributed by atoms with Crippen LogP contribution in [0.1, 0.15) is 24.8 Å². The number of H-pyrrole nitrogens is 1. The van der Waals surface area contributed by atoms with Crippen LogP contribution in [0.15, 0.2) is 24.4 Å². The number of aliphatic hydroxyl groups excluding tert-OH is 1. The zero-order chi connectivity index (χ0) is 24.8. The SMILES string of the molecule is CN[C@@H](C)C(=O)N[C@@H](CO)C(=O)N1CC[C@@H]2[C@H]1[C@H](c1c[nH]c3cc(F)ccc13)CN2S(C)(=O)=O. The third-order valence-electron chi connectivity index (χ3n) is 6.99. The molecule has 12 heteroatoms. The number of fused-ring (bicyclic) bond motifs is 2. The number of carbonyl (C=O) groups excluding carboxylic acids is 2. The number of aliphatic hydroxyl groups is 1. The maximum atomic E-state index is 13.7. The minimum absolute atomic E-state index is 0.176. The number of likely N-dealkylation sites (N-methyl/N-ethyl adjacent to an activating group) is 1. The first-order chi connectivity index (χ1) is 16.1. The van der Waals surface area contributed by atoms with E-state index in [4.69, 9.17) is 0 Å².